The minimum Gasteiger partial charge on any atom is -0.457 e. The molecule has 10 aromatic rings. The van der Waals surface area contributed by atoms with Gasteiger partial charge in [-0.25, -0.2) is 15.0 Å². The predicted molar refractivity (Wildman–Crippen MR) is 272 cm³/mol. The summed E-state index contributed by atoms with van der Waals surface area (Å²) in [6.07, 6.45) is 6.69. The van der Waals surface area contributed by atoms with Gasteiger partial charge in [-0.05, 0) is 99.1 Å². The topological polar surface area (TPSA) is 57.1 Å². The third-order valence-corrected chi connectivity index (χ3v) is 14.2. The van der Waals surface area contributed by atoms with Crippen LogP contribution in [0.5, 0.6) is 23.0 Å². The Morgan fingerprint density at radius 3 is 1.50 bits per heavy atom. The van der Waals surface area contributed by atoms with Crippen LogP contribution in [0.4, 0.5) is 0 Å². The Balaban J connectivity index is 1.15. The van der Waals surface area contributed by atoms with E-state index >= 15 is 0 Å². The number of hydrogen-bond donors (Lipinski definition) is 0. The molecule has 13 rings (SSSR count). The third kappa shape index (κ3) is 6.34. The maximum absolute atomic E-state index is 10.3. The smallest absolute Gasteiger partial charge is 0.163 e. The van der Waals surface area contributed by atoms with E-state index in [-0.39, 0.29) is 0 Å². The van der Waals surface area contributed by atoms with E-state index in [1.54, 1.807) is 12.7 Å². The number of hydrogen-bond acceptors (Lipinski definition) is 5. The SMILES string of the molecule is [2H]C1(c2ccc3c(c2-c2cccc(-c4c(-c5ccccc5)cc(-c5ncncn5)c(-c5ccccc5)c4-c4ccccc4)c2)Oc2ccccc2C32c3ccccc3Oc3ccccc32)CCCC1. The first-order valence-electron chi connectivity index (χ1n) is 24.0. The Hall–Kier alpha value is -8.41. The van der Waals surface area contributed by atoms with Gasteiger partial charge >= 0.3 is 0 Å². The highest BCUT2D eigenvalue weighted by atomic mass is 16.5. The van der Waals surface area contributed by atoms with Crippen molar-refractivity contribution in [2.24, 2.45) is 0 Å². The molecule has 324 valence electrons. The predicted octanol–water partition coefficient (Wildman–Crippen LogP) is 16.1. The second-order valence-corrected chi connectivity index (χ2v) is 17.9. The largest absolute Gasteiger partial charge is 0.457 e. The zero-order valence-corrected chi connectivity index (χ0v) is 37.3. The number of ether oxygens (including phenoxy) is 2. The van der Waals surface area contributed by atoms with Crippen LogP contribution < -0.4 is 9.47 Å². The quantitative estimate of drug-likeness (QED) is 0.160. The third-order valence-electron chi connectivity index (χ3n) is 14.2. The molecule has 1 aliphatic carbocycles. The molecule has 5 heteroatoms. The Morgan fingerprint density at radius 2 is 0.897 bits per heavy atom. The van der Waals surface area contributed by atoms with Crippen molar-refractivity contribution in [2.45, 2.75) is 37.0 Å². The van der Waals surface area contributed by atoms with Crippen molar-refractivity contribution in [1.29, 1.82) is 0 Å². The number of benzene rings is 9. The molecule has 0 unspecified atom stereocenters. The maximum atomic E-state index is 10.3. The lowest BCUT2D eigenvalue weighted by atomic mass is 9.61. The second-order valence-electron chi connectivity index (χ2n) is 17.9. The zero-order valence-electron chi connectivity index (χ0n) is 38.3. The molecule has 0 bridgehead atoms. The summed E-state index contributed by atoms with van der Waals surface area (Å²) in [4.78, 5) is 13.8. The average Bonchev–Trinajstić information content (AvgIpc) is 3.88. The van der Waals surface area contributed by atoms with Gasteiger partial charge in [-0.3, -0.25) is 0 Å². The van der Waals surface area contributed by atoms with Crippen LogP contribution in [0.15, 0.2) is 219 Å². The van der Waals surface area contributed by atoms with E-state index < -0.39 is 11.3 Å². The molecule has 2 aliphatic heterocycles. The van der Waals surface area contributed by atoms with Gasteiger partial charge in [0.25, 0.3) is 0 Å². The molecule has 0 amide bonds. The molecule has 9 aromatic carbocycles. The maximum Gasteiger partial charge on any atom is 0.163 e. The van der Waals surface area contributed by atoms with E-state index in [2.05, 4.69) is 199 Å². The Labute approximate surface area is 397 Å². The van der Waals surface area contributed by atoms with Gasteiger partial charge in [0.1, 0.15) is 35.7 Å². The summed E-state index contributed by atoms with van der Waals surface area (Å²) in [5.41, 5.74) is 15.7. The highest BCUT2D eigenvalue weighted by molar-refractivity contribution is 6.07. The van der Waals surface area contributed by atoms with E-state index in [9.17, 15) is 1.37 Å². The molecular weight excluding hydrogens is 831 g/mol. The first-order valence-corrected chi connectivity index (χ1v) is 23.5. The van der Waals surface area contributed by atoms with Crippen molar-refractivity contribution in [3.63, 3.8) is 0 Å². The lowest BCUT2D eigenvalue weighted by Crippen LogP contribution is -2.37. The minimum absolute atomic E-state index is 0.596. The van der Waals surface area contributed by atoms with Crippen molar-refractivity contribution in [3.8, 4) is 90.0 Å². The van der Waals surface area contributed by atoms with Gasteiger partial charge in [0.05, 0.1) is 5.41 Å². The van der Waals surface area contributed by atoms with Crippen molar-refractivity contribution in [3.05, 3.63) is 247 Å². The zero-order chi connectivity index (χ0) is 45.9. The molecule has 1 saturated carbocycles. The molecule has 1 aromatic heterocycles. The number of para-hydroxylation sites is 3. The van der Waals surface area contributed by atoms with Gasteiger partial charge in [0.2, 0.25) is 0 Å². The highest BCUT2D eigenvalue weighted by Crippen LogP contribution is 2.64. The fraction of sp³-hybridized carbons (Fsp3) is 0.0952. The summed E-state index contributed by atoms with van der Waals surface area (Å²) in [5, 5.41) is 0. The monoisotopic (exact) mass is 876 g/mol. The molecule has 0 radical (unpaired) electrons. The number of fused-ring (bicyclic) bond motifs is 8. The first-order chi connectivity index (χ1) is 34.1. The van der Waals surface area contributed by atoms with Crippen LogP contribution in [0.2, 0.25) is 0 Å². The van der Waals surface area contributed by atoms with E-state index in [0.717, 1.165) is 138 Å². The number of aromatic nitrogens is 3. The minimum atomic E-state index is -0.809. The first kappa shape index (κ1) is 38.8. The van der Waals surface area contributed by atoms with Gasteiger partial charge in [-0.15, -0.1) is 0 Å². The van der Waals surface area contributed by atoms with Crippen molar-refractivity contribution >= 4 is 0 Å². The average molecular weight is 877 g/mol. The van der Waals surface area contributed by atoms with Gasteiger partial charge in [-0.2, -0.15) is 0 Å². The number of rotatable bonds is 7. The molecule has 68 heavy (non-hydrogen) atoms. The normalized spacial score (nSPS) is 14.9. The van der Waals surface area contributed by atoms with Gasteiger partial charge in [-0.1, -0.05) is 189 Å². The second kappa shape index (κ2) is 16.5. The van der Waals surface area contributed by atoms with Gasteiger partial charge in [0, 0.05) is 40.3 Å². The van der Waals surface area contributed by atoms with Crippen molar-refractivity contribution < 1.29 is 10.8 Å². The molecule has 5 nitrogen and oxygen atoms in total. The summed E-state index contributed by atoms with van der Waals surface area (Å²) in [6.45, 7) is 0. The lowest BCUT2D eigenvalue weighted by molar-refractivity contribution is 0.399. The van der Waals surface area contributed by atoms with Crippen LogP contribution >= 0.6 is 0 Å². The molecule has 0 N–H and O–H groups in total. The molecule has 3 aliphatic rings. The van der Waals surface area contributed by atoms with Gasteiger partial charge in [0.15, 0.2) is 5.82 Å². The van der Waals surface area contributed by atoms with E-state index in [1.165, 1.54) is 0 Å². The Bertz CT molecular complexity index is 3510. The standard InChI is InChI=1S/C63H45N3O2/c1-4-19-42(20-5-1)48-38-49(62-65-39-64-40-66-62)57(43-23-6-2-7-24-43)60(44-25-8-3-9-26-44)58(48)45-27-18-28-46(37-45)59-47(41-21-10-11-22-41)35-36-53-61(59)68-56-34-17-14-31-52(56)63(53)50-29-12-15-32-54(50)67-55-33-16-13-30-51(55)63/h1-9,12-20,23-41H,10-11,21-22H2/i41D. The molecule has 1 fully saturated rings. The van der Waals surface area contributed by atoms with Crippen LogP contribution in [0.25, 0.3) is 67.0 Å². The molecule has 0 saturated heterocycles. The highest BCUT2D eigenvalue weighted by Gasteiger charge is 2.51. The summed E-state index contributed by atoms with van der Waals surface area (Å²) in [6, 6.07) is 72.9. The molecule has 3 heterocycles. The summed E-state index contributed by atoms with van der Waals surface area (Å²) in [7, 11) is 0. The lowest BCUT2D eigenvalue weighted by Gasteiger charge is -2.45. The summed E-state index contributed by atoms with van der Waals surface area (Å²) in [5.74, 6) is 2.98. The van der Waals surface area contributed by atoms with E-state index in [1.807, 2.05) is 12.1 Å². The van der Waals surface area contributed by atoms with Crippen LogP contribution in [0, 0.1) is 0 Å². The van der Waals surface area contributed by atoms with E-state index in [4.69, 9.17) is 19.4 Å². The van der Waals surface area contributed by atoms with Crippen molar-refractivity contribution in [2.75, 3.05) is 0 Å². The Kier molecular flexibility index (Phi) is 9.41. The van der Waals surface area contributed by atoms with Gasteiger partial charge < -0.3 is 9.47 Å². The fourth-order valence-corrected chi connectivity index (χ4v) is 11.3. The Morgan fingerprint density at radius 1 is 0.412 bits per heavy atom. The molecule has 1 spiro atoms. The van der Waals surface area contributed by atoms with Crippen LogP contribution in [0.3, 0.4) is 0 Å². The van der Waals surface area contributed by atoms with Crippen LogP contribution in [0.1, 0.15) is 60.8 Å². The molecule has 0 atom stereocenters. The van der Waals surface area contributed by atoms with Crippen LogP contribution in [-0.2, 0) is 5.41 Å². The number of nitrogens with zero attached hydrogens (tertiary/aromatic N) is 3. The molecular formula is C63H45N3O2. The summed E-state index contributed by atoms with van der Waals surface area (Å²) >= 11 is 0. The fourth-order valence-electron chi connectivity index (χ4n) is 11.3. The summed E-state index contributed by atoms with van der Waals surface area (Å²) < 4.78 is 24.4. The van der Waals surface area contributed by atoms with Crippen molar-refractivity contribution in [1.82, 2.24) is 15.0 Å². The van der Waals surface area contributed by atoms with E-state index in [0.29, 0.717) is 5.82 Å². The van der Waals surface area contributed by atoms with Crippen LogP contribution in [-0.4, -0.2) is 15.0 Å².